The number of furan rings is 1. The third kappa shape index (κ3) is 2.90. The van der Waals surface area contributed by atoms with Gasteiger partial charge in [0.05, 0.1) is 22.8 Å². The zero-order chi connectivity index (χ0) is 14.8. The molecule has 0 saturated heterocycles. The quantitative estimate of drug-likeness (QED) is 0.903. The molecule has 1 aliphatic rings. The minimum atomic E-state index is -1.03. The second kappa shape index (κ2) is 5.57. The fourth-order valence-corrected chi connectivity index (χ4v) is 2.19. The molecule has 0 amide bonds. The van der Waals surface area contributed by atoms with E-state index in [1.54, 1.807) is 12.1 Å². The largest absolute Gasteiger partial charge is 0.486 e. The molecular weight excluding hydrogens is 298 g/mol. The first-order chi connectivity index (χ1) is 10.1. The minimum Gasteiger partial charge on any atom is -0.486 e. The second-order valence-electron chi connectivity index (χ2n) is 4.44. The van der Waals surface area contributed by atoms with Gasteiger partial charge in [0, 0.05) is 12.1 Å². The summed E-state index contributed by atoms with van der Waals surface area (Å²) in [6, 6.07) is 4.89. The fraction of sp³-hybridized carbons (Fsp3) is 0.214. The zero-order valence-electron chi connectivity index (χ0n) is 10.9. The Labute approximate surface area is 125 Å². The molecule has 6 nitrogen and oxygen atoms in total. The average Bonchev–Trinajstić information content (AvgIpc) is 2.94. The predicted molar refractivity (Wildman–Crippen MR) is 75.4 cm³/mol. The van der Waals surface area contributed by atoms with Gasteiger partial charge in [-0.05, 0) is 6.07 Å². The fourth-order valence-electron chi connectivity index (χ4n) is 1.97. The van der Waals surface area contributed by atoms with Gasteiger partial charge in [-0.3, -0.25) is 0 Å². The van der Waals surface area contributed by atoms with Crippen LogP contribution in [0.25, 0.3) is 0 Å². The molecule has 2 N–H and O–H groups in total. The van der Waals surface area contributed by atoms with Crippen molar-refractivity contribution in [3.63, 3.8) is 0 Å². The van der Waals surface area contributed by atoms with Crippen LogP contribution in [0.4, 0.5) is 5.69 Å². The molecule has 1 aromatic heterocycles. The van der Waals surface area contributed by atoms with Gasteiger partial charge in [-0.15, -0.1) is 0 Å². The van der Waals surface area contributed by atoms with Gasteiger partial charge in [0.2, 0.25) is 0 Å². The monoisotopic (exact) mass is 309 g/mol. The number of nitrogens with one attached hydrogen (secondary N) is 1. The molecule has 3 rings (SSSR count). The molecule has 110 valence electrons. The second-order valence-corrected chi connectivity index (χ2v) is 4.84. The molecule has 0 fully saturated rings. The van der Waals surface area contributed by atoms with Gasteiger partial charge < -0.3 is 24.3 Å². The van der Waals surface area contributed by atoms with E-state index >= 15 is 0 Å². The number of benzene rings is 1. The van der Waals surface area contributed by atoms with Crippen LogP contribution in [0.2, 0.25) is 5.02 Å². The minimum absolute atomic E-state index is 0.111. The summed E-state index contributed by atoms with van der Waals surface area (Å²) in [4.78, 5) is 10.8. The molecule has 0 saturated carbocycles. The number of aromatic carboxylic acids is 1. The Bertz CT molecular complexity index is 682. The highest BCUT2D eigenvalue weighted by molar-refractivity contribution is 6.33. The smallest absolute Gasteiger partial charge is 0.338 e. The first-order valence-corrected chi connectivity index (χ1v) is 6.65. The molecule has 1 aromatic carbocycles. The normalized spacial score (nSPS) is 13.0. The van der Waals surface area contributed by atoms with Crippen LogP contribution < -0.4 is 14.8 Å². The van der Waals surface area contributed by atoms with E-state index in [-0.39, 0.29) is 5.56 Å². The van der Waals surface area contributed by atoms with Gasteiger partial charge in [-0.1, -0.05) is 11.6 Å². The Hall–Kier alpha value is -2.34. The topological polar surface area (TPSA) is 80.9 Å². The summed E-state index contributed by atoms with van der Waals surface area (Å²) >= 11 is 6.16. The van der Waals surface area contributed by atoms with E-state index in [0.717, 1.165) is 0 Å². The van der Waals surface area contributed by atoms with Gasteiger partial charge in [0.15, 0.2) is 11.5 Å². The average molecular weight is 310 g/mol. The Morgan fingerprint density at radius 1 is 1.24 bits per heavy atom. The van der Waals surface area contributed by atoms with Crippen LogP contribution in [0.3, 0.4) is 0 Å². The van der Waals surface area contributed by atoms with Crippen LogP contribution >= 0.6 is 11.6 Å². The third-order valence-electron chi connectivity index (χ3n) is 2.99. The number of hydrogen-bond donors (Lipinski definition) is 2. The first kappa shape index (κ1) is 13.6. The number of carboxylic acids is 1. The molecule has 7 heteroatoms. The molecule has 2 aromatic rings. The van der Waals surface area contributed by atoms with Crippen molar-refractivity contribution >= 4 is 23.3 Å². The Morgan fingerprint density at radius 2 is 1.95 bits per heavy atom. The summed E-state index contributed by atoms with van der Waals surface area (Å²) in [6.45, 7) is 1.31. The maximum atomic E-state index is 10.8. The van der Waals surface area contributed by atoms with Crippen molar-refractivity contribution in [2.75, 3.05) is 18.5 Å². The lowest BCUT2D eigenvalue weighted by Crippen LogP contribution is -2.15. The lowest BCUT2D eigenvalue weighted by atomic mass is 10.2. The summed E-state index contributed by atoms with van der Waals surface area (Å²) in [5.74, 6) is 0.711. The van der Waals surface area contributed by atoms with Crippen LogP contribution in [0, 0.1) is 0 Å². The molecule has 0 bridgehead atoms. The number of hydrogen-bond acceptors (Lipinski definition) is 5. The molecule has 0 spiro atoms. The number of halogens is 1. The Morgan fingerprint density at radius 3 is 2.62 bits per heavy atom. The van der Waals surface area contributed by atoms with Crippen molar-refractivity contribution in [1.82, 2.24) is 0 Å². The van der Waals surface area contributed by atoms with E-state index in [0.29, 0.717) is 47.7 Å². The van der Waals surface area contributed by atoms with Crippen LogP contribution in [0.15, 0.2) is 28.9 Å². The maximum absolute atomic E-state index is 10.8. The van der Waals surface area contributed by atoms with Gasteiger partial charge >= 0.3 is 5.97 Å². The highest BCUT2D eigenvalue weighted by atomic mass is 35.5. The van der Waals surface area contributed by atoms with E-state index in [2.05, 4.69) is 5.32 Å². The number of carboxylic acid groups (broad SMARTS) is 1. The van der Waals surface area contributed by atoms with Gasteiger partial charge in [0.25, 0.3) is 0 Å². The first-order valence-electron chi connectivity index (χ1n) is 6.27. The third-order valence-corrected chi connectivity index (χ3v) is 3.30. The molecule has 0 radical (unpaired) electrons. The summed E-state index contributed by atoms with van der Waals surface area (Å²) in [7, 11) is 0. The highest BCUT2D eigenvalue weighted by Crippen LogP contribution is 2.38. The van der Waals surface area contributed by atoms with Gasteiger partial charge in [-0.2, -0.15) is 0 Å². The van der Waals surface area contributed by atoms with Crippen LogP contribution in [0.5, 0.6) is 11.5 Å². The lowest BCUT2D eigenvalue weighted by Gasteiger charge is -2.20. The van der Waals surface area contributed by atoms with Crippen molar-refractivity contribution < 1.29 is 23.8 Å². The molecule has 21 heavy (non-hydrogen) atoms. The summed E-state index contributed by atoms with van der Waals surface area (Å²) in [6.07, 6.45) is 1.20. The van der Waals surface area contributed by atoms with E-state index in [1.165, 1.54) is 12.3 Å². The SMILES string of the molecule is O=C(O)c1coc(CNc2cc3c(cc2Cl)OCCO3)c1. The van der Waals surface area contributed by atoms with Gasteiger partial charge in [-0.25, -0.2) is 4.79 Å². The summed E-state index contributed by atoms with van der Waals surface area (Å²) < 4.78 is 16.1. The number of fused-ring (bicyclic) bond motifs is 1. The van der Waals surface area contributed by atoms with E-state index in [9.17, 15) is 4.79 Å². The van der Waals surface area contributed by atoms with Crippen molar-refractivity contribution in [1.29, 1.82) is 0 Å². The van der Waals surface area contributed by atoms with E-state index in [1.807, 2.05) is 0 Å². The maximum Gasteiger partial charge on any atom is 0.338 e. The lowest BCUT2D eigenvalue weighted by molar-refractivity contribution is 0.0696. The van der Waals surface area contributed by atoms with E-state index < -0.39 is 5.97 Å². The molecule has 0 unspecified atom stereocenters. The Kier molecular flexibility index (Phi) is 3.62. The number of rotatable bonds is 4. The zero-order valence-corrected chi connectivity index (χ0v) is 11.6. The van der Waals surface area contributed by atoms with E-state index in [4.69, 9.17) is 30.6 Å². The molecular formula is C14H12ClNO5. The van der Waals surface area contributed by atoms with Crippen LogP contribution in [0.1, 0.15) is 16.1 Å². The predicted octanol–water partition coefficient (Wildman–Crippen LogP) is 3.01. The van der Waals surface area contributed by atoms with Crippen LogP contribution in [-0.4, -0.2) is 24.3 Å². The van der Waals surface area contributed by atoms with Crippen molar-refractivity contribution in [2.24, 2.45) is 0 Å². The number of anilines is 1. The highest BCUT2D eigenvalue weighted by Gasteiger charge is 2.15. The number of carbonyl (C=O) groups is 1. The van der Waals surface area contributed by atoms with Crippen molar-refractivity contribution in [3.8, 4) is 11.5 Å². The molecule has 1 aliphatic heterocycles. The number of ether oxygens (including phenoxy) is 2. The summed E-state index contributed by atoms with van der Waals surface area (Å²) in [5, 5.41) is 12.4. The standard InChI is InChI=1S/C14H12ClNO5/c15-10-4-12-13(20-2-1-19-12)5-11(10)16-6-9-3-8(7-21-9)14(17)18/h3-5,7,16H,1-2,6H2,(H,17,18). The van der Waals surface area contributed by atoms with Crippen LogP contribution in [-0.2, 0) is 6.54 Å². The summed E-state index contributed by atoms with van der Waals surface area (Å²) in [5.41, 5.74) is 0.772. The van der Waals surface area contributed by atoms with Crippen molar-refractivity contribution in [2.45, 2.75) is 6.54 Å². The molecule has 0 aliphatic carbocycles. The Balaban J connectivity index is 1.73. The van der Waals surface area contributed by atoms with Crippen molar-refractivity contribution in [3.05, 3.63) is 40.8 Å². The molecule has 2 heterocycles. The molecule has 0 atom stereocenters. The van der Waals surface area contributed by atoms with Gasteiger partial charge in [0.1, 0.15) is 25.2 Å².